The van der Waals surface area contributed by atoms with Crippen molar-refractivity contribution in [3.63, 3.8) is 0 Å². The maximum Gasteiger partial charge on any atom is 1.00 e. The quantitative estimate of drug-likeness (QED) is 0.0806. The SMILES string of the molecule is CCCCCCCC[P+](CCCCCCCC)(CCCCCCCC)CCCCCCCC.[F-].[F-].[H+]. The largest absolute Gasteiger partial charge is 1.00 e. The van der Waals surface area contributed by atoms with Crippen LogP contribution in [-0.4, -0.2) is 24.6 Å². The van der Waals surface area contributed by atoms with Crippen LogP contribution in [0, 0.1) is 0 Å². The van der Waals surface area contributed by atoms with Gasteiger partial charge in [-0.2, -0.15) is 0 Å². The van der Waals surface area contributed by atoms with Gasteiger partial charge in [0.1, 0.15) is 0 Å². The first kappa shape index (κ1) is 39.8. The van der Waals surface area contributed by atoms with Crippen molar-refractivity contribution >= 4 is 7.26 Å². The number of hydrogen-bond donors (Lipinski definition) is 0. The second-order valence-corrected chi connectivity index (χ2v) is 15.8. The smallest absolute Gasteiger partial charge is 1.00 e. The second-order valence-electron chi connectivity index (χ2n) is 11.3. The van der Waals surface area contributed by atoms with Crippen LogP contribution in [0.15, 0.2) is 0 Å². The molecule has 0 atom stereocenters. The van der Waals surface area contributed by atoms with E-state index >= 15 is 0 Å². The first-order valence-electron chi connectivity index (χ1n) is 16.1. The normalized spacial score (nSPS) is 11.3. The fourth-order valence-corrected chi connectivity index (χ4v) is 10.5. The van der Waals surface area contributed by atoms with Crippen LogP contribution in [0.5, 0.6) is 0 Å². The fourth-order valence-electron chi connectivity index (χ4n) is 5.58. The van der Waals surface area contributed by atoms with Gasteiger partial charge in [-0.3, -0.25) is 0 Å². The van der Waals surface area contributed by atoms with Crippen LogP contribution in [0.3, 0.4) is 0 Å². The third-order valence-corrected chi connectivity index (χ3v) is 13.0. The number of unbranched alkanes of at least 4 members (excludes halogenated alkanes) is 20. The molecular weight excluding hydrogens is 453 g/mol. The van der Waals surface area contributed by atoms with E-state index in [2.05, 4.69) is 27.7 Å². The van der Waals surface area contributed by atoms with Crippen molar-refractivity contribution in [3.05, 3.63) is 0 Å². The Balaban J connectivity index is -0.00000171. The van der Waals surface area contributed by atoms with E-state index in [-0.39, 0.29) is 10.8 Å². The number of rotatable bonds is 28. The molecule has 0 saturated carbocycles. The van der Waals surface area contributed by atoms with Crippen molar-refractivity contribution < 1.29 is 10.8 Å². The van der Waals surface area contributed by atoms with Gasteiger partial charge in [-0.15, -0.1) is 0 Å². The molecule has 0 unspecified atom stereocenters. The fraction of sp³-hybridized carbons (Fsp3) is 1.00. The van der Waals surface area contributed by atoms with Gasteiger partial charge < -0.3 is 9.41 Å². The van der Waals surface area contributed by atoms with Crippen LogP contribution in [0.1, 0.15) is 183 Å². The Kier molecular flexibility index (Phi) is 36.7. The number of halogens is 2. The molecule has 0 bridgehead atoms. The van der Waals surface area contributed by atoms with Crippen LogP contribution >= 0.6 is 7.26 Å². The van der Waals surface area contributed by atoms with Gasteiger partial charge in [0.05, 0.1) is 24.6 Å². The van der Waals surface area contributed by atoms with E-state index < -0.39 is 7.26 Å². The summed E-state index contributed by atoms with van der Waals surface area (Å²) in [6.45, 7) is 9.38. The Bertz CT molecular complexity index is 299. The lowest BCUT2D eigenvalue weighted by Gasteiger charge is -2.28. The third-order valence-electron chi connectivity index (χ3n) is 7.94. The van der Waals surface area contributed by atoms with Crippen LogP contribution in [0.4, 0.5) is 0 Å². The summed E-state index contributed by atoms with van der Waals surface area (Å²) in [5.41, 5.74) is 0. The van der Waals surface area contributed by atoms with E-state index in [4.69, 9.17) is 0 Å². The minimum absolute atomic E-state index is 0. The van der Waals surface area contributed by atoms with Crippen molar-refractivity contribution in [2.75, 3.05) is 24.6 Å². The maximum atomic E-state index is 2.35. The average Bonchev–Trinajstić information content (AvgIpc) is 2.83. The highest BCUT2D eigenvalue weighted by Gasteiger charge is 2.34. The summed E-state index contributed by atoms with van der Waals surface area (Å²) < 4.78 is 0. The van der Waals surface area contributed by atoms with Gasteiger partial charge in [0, 0.05) is 7.26 Å². The molecule has 0 heterocycles. The van der Waals surface area contributed by atoms with E-state index in [1.807, 2.05) is 0 Å². The topological polar surface area (TPSA) is 0 Å². The predicted octanol–water partition coefficient (Wildman–Crippen LogP) is 6.57. The zero-order valence-corrected chi connectivity index (χ0v) is 25.9. The summed E-state index contributed by atoms with van der Waals surface area (Å²) in [5, 5.41) is 0. The van der Waals surface area contributed by atoms with Crippen molar-refractivity contribution in [2.45, 2.75) is 182 Å². The molecule has 0 amide bonds. The monoisotopic (exact) mass is 523 g/mol. The lowest BCUT2D eigenvalue weighted by molar-refractivity contribution is -0.001000. The summed E-state index contributed by atoms with van der Waals surface area (Å²) in [6, 6.07) is 0. The van der Waals surface area contributed by atoms with Gasteiger partial charge >= 0.3 is 1.43 Å². The van der Waals surface area contributed by atoms with Gasteiger partial charge in [0.25, 0.3) is 0 Å². The van der Waals surface area contributed by atoms with Gasteiger partial charge in [-0.05, 0) is 51.4 Å². The van der Waals surface area contributed by atoms with E-state index in [9.17, 15) is 0 Å². The van der Waals surface area contributed by atoms with Crippen molar-refractivity contribution in [3.8, 4) is 0 Å². The zero-order valence-electron chi connectivity index (χ0n) is 26.0. The highest BCUT2D eigenvalue weighted by atomic mass is 31.2. The van der Waals surface area contributed by atoms with Crippen LogP contribution < -0.4 is 9.41 Å². The summed E-state index contributed by atoms with van der Waals surface area (Å²) >= 11 is 0. The molecule has 216 valence electrons. The molecule has 3 heteroatoms. The lowest BCUT2D eigenvalue weighted by Crippen LogP contribution is -3.00. The lowest BCUT2D eigenvalue weighted by atomic mass is 10.1. The Morgan fingerprint density at radius 3 is 0.657 bits per heavy atom. The molecule has 35 heavy (non-hydrogen) atoms. The van der Waals surface area contributed by atoms with Crippen LogP contribution in [0.25, 0.3) is 0 Å². The standard InChI is InChI=1S/C32H68P.2FH/c1-5-9-13-17-21-25-29-33(30-26-22-18-14-10-6-2,31-27-23-19-15-11-7-3)32-28-24-20-16-12-8-4;;/h5-32H2,1-4H3;2*1H/q+1;;/p-1. The first-order chi connectivity index (χ1) is 16.2. The molecule has 0 saturated heterocycles. The molecule has 0 aliphatic rings. The molecule has 0 N–H and O–H groups in total. The summed E-state index contributed by atoms with van der Waals surface area (Å²) in [4.78, 5) is 0. The molecule has 0 aliphatic heterocycles. The van der Waals surface area contributed by atoms with Crippen molar-refractivity contribution in [2.24, 2.45) is 0 Å². The third kappa shape index (κ3) is 27.1. The highest BCUT2D eigenvalue weighted by molar-refractivity contribution is 7.75. The highest BCUT2D eigenvalue weighted by Crippen LogP contribution is 2.61. The first-order valence-corrected chi connectivity index (χ1v) is 18.6. The van der Waals surface area contributed by atoms with E-state index in [1.165, 1.54) is 128 Å². The average molecular weight is 523 g/mol. The van der Waals surface area contributed by atoms with Gasteiger partial charge in [-0.25, -0.2) is 0 Å². The maximum absolute atomic E-state index is 2.35. The van der Waals surface area contributed by atoms with Crippen LogP contribution in [-0.2, 0) is 0 Å². The van der Waals surface area contributed by atoms with Crippen LogP contribution in [0.2, 0.25) is 0 Å². The van der Waals surface area contributed by atoms with E-state index in [0.29, 0.717) is 0 Å². The molecule has 0 aliphatic carbocycles. The molecule has 0 aromatic rings. The van der Waals surface area contributed by atoms with Gasteiger partial charge in [0.15, 0.2) is 0 Å². The Morgan fingerprint density at radius 1 is 0.286 bits per heavy atom. The summed E-state index contributed by atoms with van der Waals surface area (Å²) in [5.74, 6) is 0. The summed E-state index contributed by atoms with van der Waals surface area (Å²) in [6.07, 6.45) is 42.1. The molecule has 0 aromatic carbocycles. The summed E-state index contributed by atoms with van der Waals surface area (Å²) in [7, 11) is -0.718. The van der Waals surface area contributed by atoms with Crippen molar-refractivity contribution in [1.29, 1.82) is 0 Å². The Hall–Kier alpha value is 0.290. The zero-order chi connectivity index (χ0) is 24.3. The molecular formula is C32H69F2P. The van der Waals surface area contributed by atoms with E-state index in [1.54, 1.807) is 50.3 Å². The minimum Gasteiger partial charge on any atom is -1.00 e. The Labute approximate surface area is 224 Å². The predicted molar refractivity (Wildman–Crippen MR) is 161 cm³/mol. The second kappa shape index (κ2) is 32.3. The number of hydrogen-bond acceptors (Lipinski definition) is 0. The van der Waals surface area contributed by atoms with Gasteiger partial charge in [0.2, 0.25) is 0 Å². The molecule has 0 rings (SSSR count). The minimum atomic E-state index is -0.718. The molecule has 0 fully saturated rings. The molecule has 0 aromatic heterocycles. The van der Waals surface area contributed by atoms with Crippen molar-refractivity contribution in [1.82, 2.24) is 0 Å². The van der Waals surface area contributed by atoms with Gasteiger partial charge in [-0.1, -0.05) is 130 Å². The molecule has 0 spiro atoms. The molecule has 0 radical (unpaired) electrons. The Morgan fingerprint density at radius 2 is 0.457 bits per heavy atom. The van der Waals surface area contributed by atoms with E-state index in [0.717, 1.165) is 0 Å². The molecule has 0 nitrogen and oxygen atoms in total.